The van der Waals surface area contributed by atoms with Crippen molar-refractivity contribution in [2.24, 2.45) is 0 Å². The summed E-state index contributed by atoms with van der Waals surface area (Å²) < 4.78 is 40.9. The molecular formula is C23H28N4O6S. The first kappa shape index (κ1) is 25.0. The van der Waals surface area contributed by atoms with Crippen LogP contribution in [-0.4, -0.2) is 50.5 Å². The van der Waals surface area contributed by atoms with Crippen LogP contribution in [0.15, 0.2) is 53.1 Å². The molecule has 1 N–H and O–H groups in total. The van der Waals surface area contributed by atoms with Crippen molar-refractivity contribution in [2.75, 3.05) is 24.2 Å². The fourth-order valence-electron chi connectivity index (χ4n) is 3.00. The summed E-state index contributed by atoms with van der Waals surface area (Å²) in [5, 5.41) is 6.70. The zero-order valence-corrected chi connectivity index (χ0v) is 20.3. The summed E-state index contributed by atoms with van der Waals surface area (Å²) in [6.07, 6.45) is 0.809. The molecular weight excluding hydrogens is 460 g/mol. The number of rotatable bonds is 11. The van der Waals surface area contributed by atoms with E-state index in [9.17, 15) is 13.2 Å². The van der Waals surface area contributed by atoms with Gasteiger partial charge in [-0.1, -0.05) is 12.1 Å². The number of sulfonamides is 1. The zero-order chi connectivity index (χ0) is 24.7. The molecule has 1 atom stereocenters. The van der Waals surface area contributed by atoms with Crippen molar-refractivity contribution in [1.29, 1.82) is 0 Å². The topological polar surface area (TPSA) is 124 Å². The van der Waals surface area contributed by atoms with Gasteiger partial charge in [-0.25, -0.2) is 8.42 Å². The van der Waals surface area contributed by atoms with Crippen molar-refractivity contribution in [3.05, 3.63) is 54.4 Å². The van der Waals surface area contributed by atoms with Crippen LogP contribution >= 0.6 is 0 Å². The van der Waals surface area contributed by atoms with E-state index in [4.69, 9.17) is 14.0 Å². The number of aromatic nitrogens is 2. The van der Waals surface area contributed by atoms with Crippen LogP contribution in [0.25, 0.3) is 11.4 Å². The Kier molecular flexibility index (Phi) is 8.11. The molecule has 0 saturated heterocycles. The molecule has 11 heteroatoms. The maximum Gasteiger partial charge on any atom is 0.261 e. The molecule has 0 fully saturated rings. The number of hydrogen-bond acceptors (Lipinski definition) is 8. The fourth-order valence-corrected chi connectivity index (χ4v) is 3.50. The van der Waals surface area contributed by atoms with Gasteiger partial charge in [0, 0.05) is 12.6 Å². The van der Waals surface area contributed by atoms with Gasteiger partial charge in [0.25, 0.3) is 5.91 Å². The molecule has 0 radical (unpaired) electrons. The highest BCUT2D eigenvalue weighted by Crippen LogP contribution is 2.22. The third-order valence-corrected chi connectivity index (χ3v) is 6.15. The summed E-state index contributed by atoms with van der Waals surface area (Å²) in [6, 6.07) is 13.8. The lowest BCUT2D eigenvalue weighted by atomic mass is 10.2. The maximum atomic E-state index is 12.6. The molecule has 1 aromatic heterocycles. The minimum Gasteiger partial charge on any atom is -0.494 e. The van der Waals surface area contributed by atoms with Gasteiger partial charge in [0.1, 0.15) is 11.5 Å². The van der Waals surface area contributed by atoms with Crippen molar-refractivity contribution in [1.82, 2.24) is 15.5 Å². The van der Waals surface area contributed by atoms with Gasteiger partial charge in [0.05, 0.1) is 25.1 Å². The Labute approximate surface area is 198 Å². The molecule has 0 bridgehead atoms. The summed E-state index contributed by atoms with van der Waals surface area (Å²) in [5.41, 5.74) is 1.26. The zero-order valence-electron chi connectivity index (χ0n) is 19.5. The molecule has 0 unspecified atom stereocenters. The lowest BCUT2D eigenvalue weighted by molar-refractivity contribution is -0.128. The summed E-state index contributed by atoms with van der Waals surface area (Å²) in [6.45, 7) is 4.38. The third-order valence-electron chi connectivity index (χ3n) is 4.94. The average Bonchev–Trinajstić information content (AvgIpc) is 3.30. The molecule has 0 saturated carbocycles. The van der Waals surface area contributed by atoms with E-state index < -0.39 is 16.1 Å². The standard InChI is InChI=1S/C23H28N4O6S/c1-5-20(32-19-13-9-17(10-14-19)27(3)34(4,29)30)23(28)24-15-21-25-22(26-33-21)16-7-11-18(12-8-16)31-6-2/h7-14,20H,5-6,15H2,1-4H3,(H,24,28)/t20-/m1/s1. The van der Waals surface area contributed by atoms with E-state index in [1.54, 1.807) is 24.3 Å². The molecule has 10 nitrogen and oxygen atoms in total. The monoisotopic (exact) mass is 488 g/mol. The Morgan fingerprint density at radius 1 is 1.09 bits per heavy atom. The Morgan fingerprint density at radius 3 is 2.32 bits per heavy atom. The number of amides is 1. The van der Waals surface area contributed by atoms with E-state index >= 15 is 0 Å². The van der Waals surface area contributed by atoms with Crippen molar-refractivity contribution >= 4 is 21.6 Å². The van der Waals surface area contributed by atoms with Crippen molar-refractivity contribution in [3.8, 4) is 22.9 Å². The van der Waals surface area contributed by atoms with Crippen molar-refractivity contribution < 1.29 is 27.2 Å². The fraction of sp³-hybridized carbons (Fsp3) is 0.348. The van der Waals surface area contributed by atoms with Gasteiger partial charge in [0.2, 0.25) is 21.7 Å². The van der Waals surface area contributed by atoms with Gasteiger partial charge in [0.15, 0.2) is 6.10 Å². The number of anilines is 1. The first-order chi connectivity index (χ1) is 16.2. The van der Waals surface area contributed by atoms with Gasteiger partial charge in [-0.2, -0.15) is 4.98 Å². The molecule has 2 aromatic carbocycles. The Balaban J connectivity index is 1.56. The second-order valence-electron chi connectivity index (χ2n) is 7.43. The van der Waals surface area contributed by atoms with Crippen LogP contribution < -0.4 is 19.1 Å². The summed E-state index contributed by atoms with van der Waals surface area (Å²) >= 11 is 0. The molecule has 0 aliphatic carbocycles. The average molecular weight is 489 g/mol. The summed E-state index contributed by atoms with van der Waals surface area (Å²) in [5.74, 6) is 1.55. The molecule has 0 spiro atoms. The van der Waals surface area contributed by atoms with Gasteiger partial charge in [-0.15, -0.1) is 0 Å². The van der Waals surface area contributed by atoms with Crippen LogP contribution in [0.1, 0.15) is 26.2 Å². The highest BCUT2D eigenvalue weighted by Gasteiger charge is 2.20. The van der Waals surface area contributed by atoms with Gasteiger partial charge < -0.3 is 19.3 Å². The largest absolute Gasteiger partial charge is 0.494 e. The Hall–Kier alpha value is -3.60. The molecule has 3 aromatic rings. The smallest absolute Gasteiger partial charge is 0.261 e. The van der Waals surface area contributed by atoms with E-state index in [0.717, 1.165) is 21.9 Å². The minimum absolute atomic E-state index is 0.0564. The number of hydrogen-bond donors (Lipinski definition) is 1. The van der Waals surface area contributed by atoms with Gasteiger partial charge >= 0.3 is 0 Å². The SMILES string of the molecule is CCOc1ccc(-c2noc(CNC(=O)[C@@H](CC)Oc3ccc(N(C)S(C)(=O)=O)cc3)n2)cc1. The summed E-state index contributed by atoms with van der Waals surface area (Å²) in [4.78, 5) is 16.9. The van der Waals surface area contributed by atoms with Gasteiger partial charge in [-0.3, -0.25) is 9.10 Å². The Morgan fingerprint density at radius 2 is 1.74 bits per heavy atom. The van der Waals surface area contributed by atoms with E-state index in [2.05, 4.69) is 15.5 Å². The van der Waals surface area contributed by atoms with E-state index in [1.807, 2.05) is 38.1 Å². The van der Waals surface area contributed by atoms with Crippen LogP contribution in [-0.2, 0) is 21.4 Å². The normalized spacial score (nSPS) is 12.1. The van der Waals surface area contributed by atoms with Crippen LogP contribution in [0.3, 0.4) is 0 Å². The highest BCUT2D eigenvalue weighted by molar-refractivity contribution is 7.92. The predicted molar refractivity (Wildman–Crippen MR) is 127 cm³/mol. The molecule has 1 amide bonds. The molecule has 34 heavy (non-hydrogen) atoms. The number of carbonyl (C=O) groups excluding carboxylic acids is 1. The molecule has 1 heterocycles. The lowest BCUT2D eigenvalue weighted by Gasteiger charge is -2.19. The Bertz CT molecular complexity index is 1190. The second kappa shape index (κ2) is 11.0. The van der Waals surface area contributed by atoms with E-state index in [-0.39, 0.29) is 18.3 Å². The van der Waals surface area contributed by atoms with Crippen molar-refractivity contribution in [2.45, 2.75) is 32.9 Å². The number of ether oxygens (including phenoxy) is 2. The molecule has 0 aliphatic heterocycles. The number of carbonyl (C=O) groups is 1. The number of benzene rings is 2. The third kappa shape index (κ3) is 6.47. The van der Waals surface area contributed by atoms with Gasteiger partial charge in [-0.05, 0) is 61.9 Å². The maximum absolute atomic E-state index is 12.6. The summed E-state index contributed by atoms with van der Waals surface area (Å²) in [7, 11) is -1.90. The van der Waals surface area contributed by atoms with Crippen LogP contribution in [0.2, 0.25) is 0 Å². The molecule has 0 aliphatic rings. The number of nitrogens with zero attached hydrogens (tertiary/aromatic N) is 3. The van der Waals surface area contributed by atoms with Crippen LogP contribution in [0.5, 0.6) is 11.5 Å². The minimum atomic E-state index is -3.36. The predicted octanol–water partition coefficient (Wildman–Crippen LogP) is 3.00. The molecule has 3 rings (SSSR count). The van der Waals surface area contributed by atoms with Crippen molar-refractivity contribution in [3.63, 3.8) is 0 Å². The van der Waals surface area contributed by atoms with Crippen LogP contribution in [0, 0.1) is 0 Å². The highest BCUT2D eigenvalue weighted by atomic mass is 32.2. The lowest BCUT2D eigenvalue weighted by Crippen LogP contribution is -2.37. The quantitative estimate of drug-likeness (QED) is 0.437. The van der Waals surface area contributed by atoms with Crippen LogP contribution in [0.4, 0.5) is 5.69 Å². The number of nitrogens with one attached hydrogen (secondary N) is 1. The second-order valence-corrected chi connectivity index (χ2v) is 9.44. The molecule has 182 valence electrons. The first-order valence-corrected chi connectivity index (χ1v) is 12.6. The van der Waals surface area contributed by atoms with E-state index in [1.165, 1.54) is 7.05 Å². The van der Waals surface area contributed by atoms with E-state index in [0.29, 0.717) is 30.3 Å². The first-order valence-electron chi connectivity index (χ1n) is 10.8.